The predicted octanol–water partition coefficient (Wildman–Crippen LogP) is 2.51. The molecule has 110 valence electrons. The van der Waals surface area contributed by atoms with Crippen LogP contribution in [0, 0.1) is 13.8 Å². The summed E-state index contributed by atoms with van der Waals surface area (Å²) >= 11 is 0. The van der Waals surface area contributed by atoms with Crippen LogP contribution < -0.4 is 4.74 Å². The number of nitrogens with zero attached hydrogens (tertiary/aromatic N) is 2. The third-order valence-corrected chi connectivity index (χ3v) is 3.21. The minimum absolute atomic E-state index is 0.364. The van der Waals surface area contributed by atoms with Crippen LogP contribution in [-0.2, 0) is 11.2 Å². The number of aryl methyl sites for hydroxylation is 2. The van der Waals surface area contributed by atoms with Crippen molar-refractivity contribution in [1.29, 1.82) is 0 Å². The number of rotatable bonds is 5. The molecule has 1 aromatic heterocycles. The third kappa shape index (κ3) is 3.78. The van der Waals surface area contributed by atoms with Gasteiger partial charge in [0.1, 0.15) is 17.5 Å². The zero-order valence-corrected chi connectivity index (χ0v) is 12.3. The van der Waals surface area contributed by atoms with Crippen LogP contribution in [0.1, 0.15) is 28.7 Å². The van der Waals surface area contributed by atoms with Gasteiger partial charge in [0.2, 0.25) is 0 Å². The summed E-state index contributed by atoms with van der Waals surface area (Å²) in [6.07, 6.45) is 0.364. The highest BCUT2D eigenvalue weighted by molar-refractivity contribution is 5.76. The van der Waals surface area contributed by atoms with Gasteiger partial charge in [-0.25, -0.2) is 9.97 Å². The molecule has 2 rings (SSSR count). The average molecular weight is 286 g/mol. The maximum absolute atomic E-state index is 11.6. The van der Waals surface area contributed by atoms with Crippen LogP contribution in [0.4, 0.5) is 0 Å². The Hall–Kier alpha value is -2.43. The lowest BCUT2D eigenvalue weighted by atomic mass is 9.95. The molecule has 1 atom stereocenters. The summed E-state index contributed by atoms with van der Waals surface area (Å²) in [4.78, 5) is 20.0. The number of aliphatic carboxylic acids is 1. The van der Waals surface area contributed by atoms with Crippen molar-refractivity contribution < 1.29 is 14.6 Å². The number of benzene rings is 1. The van der Waals surface area contributed by atoms with Crippen LogP contribution >= 0.6 is 0 Å². The van der Waals surface area contributed by atoms with Gasteiger partial charge in [-0.15, -0.1) is 0 Å². The monoisotopic (exact) mass is 286 g/mol. The zero-order valence-electron chi connectivity index (χ0n) is 12.3. The highest BCUT2D eigenvalue weighted by atomic mass is 16.5. The fraction of sp³-hybridized carbons (Fsp3) is 0.312. The Morgan fingerprint density at radius 3 is 2.67 bits per heavy atom. The maximum atomic E-state index is 11.6. The lowest BCUT2D eigenvalue weighted by molar-refractivity contribution is -0.138. The van der Waals surface area contributed by atoms with Crippen molar-refractivity contribution in [3.05, 3.63) is 53.1 Å². The number of aromatic nitrogens is 2. The third-order valence-electron chi connectivity index (χ3n) is 3.21. The van der Waals surface area contributed by atoms with Crippen LogP contribution in [0.15, 0.2) is 30.3 Å². The number of ether oxygens (including phenoxy) is 1. The molecule has 0 aliphatic heterocycles. The molecular formula is C16H18N2O3. The average Bonchev–Trinajstić information content (AvgIpc) is 2.43. The fourth-order valence-electron chi connectivity index (χ4n) is 2.28. The molecule has 0 saturated heterocycles. The maximum Gasteiger partial charge on any atom is 0.312 e. The Kier molecular flexibility index (Phi) is 4.52. The van der Waals surface area contributed by atoms with Gasteiger partial charge in [-0.3, -0.25) is 4.79 Å². The zero-order chi connectivity index (χ0) is 15.4. The van der Waals surface area contributed by atoms with E-state index in [-0.39, 0.29) is 0 Å². The second kappa shape index (κ2) is 6.35. The van der Waals surface area contributed by atoms with Gasteiger partial charge in [-0.05, 0) is 44.0 Å². The molecule has 1 aromatic carbocycles. The van der Waals surface area contributed by atoms with Gasteiger partial charge >= 0.3 is 5.97 Å². The van der Waals surface area contributed by atoms with Crippen molar-refractivity contribution in [3.63, 3.8) is 0 Å². The smallest absolute Gasteiger partial charge is 0.312 e. The van der Waals surface area contributed by atoms with Crippen LogP contribution in [0.5, 0.6) is 5.75 Å². The molecule has 0 radical (unpaired) electrons. The van der Waals surface area contributed by atoms with E-state index in [1.54, 1.807) is 20.1 Å². The van der Waals surface area contributed by atoms with Gasteiger partial charge in [-0.2, -0.15) is 0 Å². The summed E-state index contributed by atoms with van der Waals surface area (Å²) in [5.41, 5.74) is 2.21. The molecule has 0 bridgehead atoms. The Morgan fingerprint density at radius 1 is 1.29 bits per heavy atom. The largest absolute Gasteiger partial charge is 0.497 e. The minimum Gasteiger partial charge on any atom is -0.497 e. The van der Waals surface area contributed by atoms with Crippen molar-refractivity contribution >= 4 is 5.97 Å². The molecule has 1 heterocycles. The molecule has 21 heavy (non-hydrogen) atoms. The SMILES string of the molecule is COc1cccc(CC(C(=O)O)c2cc(C)nc(C)n2)c1. The molecular weight excluding hydrogens is 268 g/mol. The quantitative estimate of drug-likeness (QED) is 0.914. The van der Waals surface area contributed by atoms with Crippen molar-refractivity contribution in [1.82, 2.24) is 9.97 Å². The van der Waals surface area contributed by atoms with E-state index in [9.17, 15) is 9.90 Å². The molecule has 0 amide bonds. The van der Waals surface area contributed by atoms with E-state index >= 15 is 0 Å². The summed E-state index contributed by atoms with van der Waals surface area (Å²) in [5.74, 6) is -0.290. The number of hydrogen-bond acceptors (Lipinski definition) is 4. The summed E-state index contributed by atoms with van der Waals surface area (Å²) in [5, 5.41) is 9.50. The van der Waals surface area contributed by atoms with E-state index < -0.39 is 11.9 Å². The second-order valence-corrected chi connectivity index (χ2v) is 4.93. The number of methoxy groups -OCH3 is 1. The second-order valence-electron chi connectivity index (χ2n) is 4.93. The molecule has 0 saturated carbocycles. The van der Waals surface area contributed by atoms with E-state index in [1.165, 1.54) is 0 Å². The molecule has 1 N–H and O–H groups in total. The van der Waals surface area contributed by atoms with Crippen LogP contribution in [0.3, 0.4) is 0 Å². The van der Waals surface area contributed by atoms with Crippen molar-refractivity contribution in [2.75, 3.05) is 7.11 Å². The molecule has 0 aliphatic carbocycles. The number of hydrogen-bond donors (Lipinski definition) is 1. The first-order valence-corrected chi connectivity index (χ1v) is 6.67. The minimum atomic E-state index is -0.893. The Bertz CT molecular complexity index is 635. The predicted molar refractivity (Wildman–Crippen MR) is 78.6 cm³/mol. The molecule has 2 aromatic rings. The van der Waals surface area contributed by atoms with Crippen LogP contribution in [-0.4, -0.2) is 28.2 Å². The molecule has 5 heteroatoms. The molecule has 5 nitrogen and oxygen atoms in total. The van der Waals surface area contributed by atoms with Crippen LogP contribution in [0.25, 0.3) is 0 Å². The van der Waals surface area contributed by atoms with Gasteiger partial charge < -0.3 is 9.84 Å². The topological polar surface area (TPSA) is 72.3 Å². The molecule has 0 fully saturated rings. The van der Waals surface area contributed by atoms with Gasteiger partial charge in [0.15, 0.2) is 0 Å². The van der Waals surface area contributed by atoms with E-state index in [2.05, 4.69) is 9.97 Å². The Morgan fingerprint density at radius 2 is 2.05 bits per heavy atom. The van der Waals surface area contributed by atoms with E-state index in [4.69, 9.17) is 4.74 Å². The first-order valence-electron chi connectivity index (χ1n) is 6.67. The van der Waals surface area contributed by atoms with Gasteiger partial charge in [-0.1, -0.05) is 12.1 Å². The van der Waals surface area contributed by atoms with Crippen LogP contribution in [0.2, 0.25) is 0 Å². The van der Waals surface area contributed by atoms with Crippen molar-refractivity contribution in [2.45, 2.75) is 26.2 Å². The Labute approximate surface area is 123 Å². The van der Waals surface area contributed by atoms with E-state index in [0.717, 1.165) is 11.3 Å². The lowest BCUT2D eigenvalue weighted by Gasteiger charge is -2.13. The first kappa shape index (κ1) is 15.0. The van der Waals surface area contributed by atoms with Crippen molar-refractivity contribution in [2.24, 2.45) is 0 Å². The molecule has 0 spiro atoms. The standard InChI is InChI=1S/C16H18N2O3/c1-10-7-15(18-11(2)17-10)14(16(19)20)9-12-5-4-6-13(8-12)21-3/h4-8,14H,9H2,1-3H3,(H,19,20). The normalized spacial score (nSPS) is 12.0. The fourth-order valence-corrected chi connectivity index (χ4v) is 2.28. The molecule has 1 unspecified atom stereocenters. The van der Waals surface area contributed by atoms with E-state index in [1.807, 2.05) is 31.2 Å². The first-order chi connectivity index (χ1) is 9.99. The van der Waals surface area contributed by atoms with E-state index in [0.29, 0.717) is 23.7 Å². The summed E-state index contributed by atoms with van der Waals surface area (Å²) < 4.78 is 5.17. The summed E-state index contributed by atoms with van der Waals surface area (Å²) in [6, 6.07) is 9.14. The number of carbonyl (C=O) groups is 1. The summed E-state index contributed by atoms with van der Waals surface area (Å²) in [6.45, 7) is 3.60. The highest BCUT2D eigenvalue weighted by Crippen LogP contribution is 2.23. The Balaban J connectivity index is 2.32. The van der Waals surface area contributed by atoms with Crippen molar-refractivity contribution in [3.8, 4) is 5.75 Å². The lowest BCUT2D eigenvalue weighted by Crippen LogP contribution is -2.17. The highest BCUT2D eigenvalue weighted by Gasteiger charge is 2.22. The summed E-state index contributed by atoms with van der Waals surface area (Å²) in [7, 11) is 1.59. The van der Waals surface area contributed by atoms with Gasteiger partial charge in [0.25, 0.3) is 0 Å². The number of carboxylic acid groups (broad SMARTS) is 1. The van der Waals surface area contributed by atoms with Gasteiger partial charge in [0.05, 0.1) is 12.8 Å². The number of carboxylic acids is 1. The van der Waals surface area contributed by atoms with Gasteiger partial charge in [0, 0.05) is 5.69 Å². The molecule has 0 aliphatic rings.